The van der Waals surface area contributed by atoms with E-state index in [0.29, 0.717) is 5.82 Å². The Balaban J connectivity index is 1.50. The van der Waals surface area contributed by atoms with Crippen molar-refractivity contribution in [3.05, 3.63) is 65.6 Å². The molecule has 1 aliphatic heterocycles. The second kappa shape index (κ2) is 9.82. The lowest BCUT2D eigenvalue weighted by Gasteiger charge is -2.32. The molecule has 2 fully saturated rings. The summed E-state index contributed by atoms with van der Waals surface area (Å²) in [5, 5.41) is 4.45. The van der Waals surface area contributed by atoms with E-state index in [-0.39, 0.29) is 24.3 Å². The van der Waals surface area contributed by atoms with Crippen molar-refractivity contribution in [1.29, 1.82) is 0 Å². The molecule has 3 heterocycles. The summed E-state index contributed by atoms with van der Waals surface area (Å²) in [5.41, 5.74) is 4.48. The fourth-order valence-electron chi connectivity index (χ4n) is 6.19. The van der Waals surface area contributed by atoms with E-state index in [2.05, 4.69) is 9.67 Å². The monoisotopic (exact) mass is 537 g/mol. The first kappa shape index (κ1) is 25.6. The Morgan fingerprint density at radius 3 is 2.44 bits per heavy atom. The zero-order valence-electron chi connectivity index (χ0n) is 22.1. The minimum absolute atomic E-state index is 0.0711. The number of carbonyl (C=O) groups is 1. The molecular formula is C29H30F3N5O2. The first-order valence-corrected chi connectivity index (χ1v) is 13.2. The largest absolute Gasteiger partial charge is 0.381 e. The average Bonchev–Trinajstić information content (AvgIpc) is 3.57. The molecule has 0 N–H and O–H groups in total. The fraction of sp³-hybridized carbons (Fsp3) is 0.414. The van der Waals surface area contributed by atoms with Gasteiger partial charge in [-0.1, -0.05) is 6.07 Å². The summed E-state index contributed by atoms with van der Waals surface area (Å²) < 4.78 is 52.4. The number of rotatable bonds is 5. The first-order valence-electron chi connectivity index (χ1n) is 13.2. The second-order valence-corrected chi connectivity index (χ2v) is 10.5. The number of halogens is 3. The van der Waals surface area contributed by atoms with E-state index >= 15 is 4.39 Å². The van der Waals surface area contributed by atoms with Crippen LogP contribution in [-0.2, 0) is 16.6 Å². The number of carbonyl (C=O) groups excluding carboxylic acids is 1. The predicted octanol–water partition coefficient (Wildman–Crippen LogP) is 5.97. The third kappa shape index (κ3) is 4.40. The van der Waals surface area contributed by atoms with Gasteiger partial charge in [0.15, 0.2) is 17.8 Å². The summed E-state index contributed by atoms with van der Waals surface area (Å²) in [7, 11) is 3.60. The van der Waals surface area contributed by atoms with Gasteiger partial charge in [-0.2, -0.15) is 5.10 Å². The van der Waals surface area contributed by atoms with Gasteiger partial charge in [0.05, 0.1) is 34.6 Å². The highest BCUT2D eigenvalue weighted by Crippen LogP contribution is 2.43. The Morgan fingerprint density at radius 1 is 1.00 bits per heavy atom. The maximum Gasteiger partial charge on any atom is 0.262 e. The smallest absolute Gasteiger partial charge is 0.262 e. The van der Waals surface area contributed by atoms with Gasteiger partial charge in [-0.25, -0.2) is 18.2 Å². The Bertz CT molecular complexity index is 1560. The lowest BCUT2D eigenvalue weighted by atomic mass is 9.92. The Labute approximate surface area is 224 Å². The zero-order chi connectivity index (χ0) is 27.4. The standard InChI is InChI=1S/C29H30F3N5O2/c1-16-12-26(35(2)34-16)17-4-11-25-24(13-17)33-28(36(25)18-5-8-20(39-3)9-6-18)27-15-23(32)29(38)37(27)19-7-10-21(30)22(31)14-19/h4,7,10-14,18,20,23,27H,5-6,8-9,15H2,1-3H3/t18-,20-,23-,27-/m0/s1. The number of benzene rings is 2. The molecule has 7 nitrogen and oxygen atoms in total. The minimum Gasteiger partial charge on any atom is -0.381 e. The predicted molar refractivity (Wildman–Crippen MR) is 141 cm³/mol. The number of imidazole rings is 1. The maximum atomic E-state index is 15.0. The molecule has 6 rings (SSSR count). The van der Waals surface area contributed by atoms with Crippen LogP contribution in [0.4, 0.5) is 18.9 Å². The van der Waals surface area contributed by atoms with Crippen LogP contribution in [0.3, 0.4) is 0 Å². The number of alkyl halides is 1. The number of hydrogen-bond acceptors (Lipinski definition) is 4. The molecule has 2 aromatic heterocycles. The van der Waals surface area contributed by atoms with Crippen molar-refractivity contribution in [2.75, 3.05) is 12.0 Å². The number of methoxy groups -OCH3 is 1. The van der Waals surface area contributed by atoms with E-state index in [9.17, 15) is 13.6 Å². The van der Waals surface area contributed by atoms with Gasteiger partial charge in [-0.05, 0) is 62.9 Å². The number of anilines is 1. The summed E-state index contributed by atoms with van der Waals surface area (Å²) >= 11 is 0. The van der Waals surface area contributed by atoms with Gasteiger partial charge in [0.25, 0.3) is 5.91 Å². The van der Waals surface area contributed by atoms with Crippen molar-refractivity contribution >= 4 is 22.6 Å². The Hall–Kier alpha value is -3.66. The zero-order valence-corrected chi connectivity index (χ0v) is 22.1. The van der Waals surface area contributed by atoms with Crippen LogP contribution >= 0.6 is 0 Å². The summed E-state index contributed by atoms with van der Waals surface area (Å²) in [4.78, 5) is 19.2. The molecular weight excluding hydrogens is 507 g/mol. The molecule has 1 amide bonds. The van der Waals surface area contributed by atoms with E-state index in [1.54, 1.807) is 7.11 Å². The van der Waals surface area contributed by atoms with Crippen molar-refractivity contribution < 1.29 is 22.7 Å². The van der Waals surface area contributed by atoms with Crippen LogP contribution in [0.1, 0.15) is 55.7 Å². The second-order valence-electron chi connectivity index (χ2n) is 10.5. The number of aryl methyl sites for hydroxylation is 2. The van der Waals surface area contributed by atoms with Crippen molar-refractivity contribution in [2.24, 2.45) is 7.05 Å². The summed E-state index contributed by atoms with van der Waals surface area (Å²) in [6, 6.07) is 10.5. The van der Waals surface area contributed by atoms with Crippen LogP contribution in [0.25, 0.3) is 22.3 Å². The van der Waals surface area contributed by atoms with Gasteiger partial charge in [0, 0.05) is 43.9 Å². The molecule has 0 spiro atoms. The van der Waals surface area contributed by atoms with Crippen LogP contribution in [0.2, 0.25) is 0 Å². The third-order valence-corrected chi connectivity index (χ3v) is 8.08. The highest BCUT2D eigenvalue weighted by molar-refractivity contribution is 5.99. The van der Waals surface area contributed by atoms with Gasteiger partial charge in [-0.3, -0.25) is 14.4 Å². The summed E-state index contributed by atoms with van der Waals surface area (Å²) in [5.74, 6) is -2.36. The normalized spacial score (nSPS) is 23.7. The van der Waals surface area contributed by atoms with Gasteiger partial charge in [0.1, 0.15) is 5.82 Å². The lowest BCUT2D eigenvalue weighted by Crippen LogP contribution is -2.32. The number of hydrogen-bond donors (Lipinski definition) is 0. The topological polar surface area (TPSA) is 65.2 Å². The third-order valence-electron chi connectivity index (χ3n) is 8.08. The number of ether oxygens (including phenoxy) is 1. The van der Waals surface area contributed by atoms with E-state index in [1.165, 1.54) is 11.0 Å². The highest BCUT2D eigenvalue weighted by Gasteiger charge is 2.45. The van der Waals surface area contributed by atoms with E-state index < -0.39 is 29.8 Å². The van der Waals surface area contributed by atoms with Crippen molar-refractivity contribution in [2.45, 2.75) is 63.4 Å². The molecule has 0 bridgehead atoms. The Kier molecular flexibility index (Phi) is 6.45. The van der Waals surface area contributed by atoms with Crippen LogP contribution in [0, 0.1) is 18.6 Å². The molecule has 0 unspecified atom stereocenters. The number of amides is 1. The summed E-state index contributed by atoms with van der Waals surface area (Å²) in [6.45, 7) is 1.93. The molecule has 4 aromatic rings. The fourth-order valence-corrected chi connectivity index (χ4v) is 6.19. The molecule has 1 aliphatic carbocycles. The van der Waals surface area contributed by atoms with Crippen LogP contribution < -0.4 is 4.90 Å². The Morgan fingerprint density at radius 2 is 1.77 bits per heavy atom. The van der Waals surface area contributed by atoms with E-state index in [4.69, 9.17) is 9.72 Å². The van der Waals surface area contributed by atoms with Gasteiger partial charge >= 0.3 is 0 Å². The number of nitrogens with zero attached hydrogens (tertiary/aromatic N) is 5. The highest BCUT2D eigenvalue weighted by atomic mass is 19.2. The molecule has 0 radical (unpaired) electrons. The molecule has 39 heavy (non-hydrogen) atoms. The lowest BCUT2D eigenvalue weighted by molar-refractivity contribution is -0.121. The number of aromatic nitrogens is 4. The maximum absolute atomic E-state index is 15.0. The SMILES string of the molecule is CO[C@H]1CC[C@H](n2c([C@@H]3C[C@H](F)C(=O)N3c3ccc(F)c(F)c3)nc3cc(-c4cc(C)nn4C)ccc32)CC1. The van der Waals surface area contributed by atoms with Gasteiger partial charge in [0.2, 0.25) is 0 Å². The van der Waals surface area contributed by atoms with Crippen molar-refractivity contribution in [3.63, 3.8) is 0 Å². The van der Waals surface area contributed by atoms with E-state index in [1.807, 2.05) is 42.9 Å². The molecule has 2 aliphatic rings. The van der Waals surface area contributed by atoms with Crippen LogP contribution in [0.5, 0.6) is 0 Å². The van der Waals surface area contributed by atoms with Crippen molar-refractivity contribution in [3.8, 4) is 11.3 Å². The molecule has 1 saturated carbocycles. The first-order chi connectivity index (χ1) is 18.7. The quantitative estimate of drug-likeness (QED) is 0.315. The number of fused-ring (bicyclic) bond motifs is 1. The molecule has 10 heteroatoms. The van der Waals surface area contributed by atoms with Gasteiger partial charge < -0.3 is 9.30 Å². The molecule has 1 saturated heterocycles. The van der Waals surface area contributed by atoms with Crippen LogP contribution in [0.15, 0.2) is 42.5 Å². The molecule has 2 atom stereocenters. The van der Waals surface area contributed by atoms with E-state index in [0.717, 1.165) is 65.8 Å². The van der Waals surface area contributed by atoms with Crippen molar-refractivity contribution in [1.82, 2.24) is 19.3 Å². The van der Waals surface area contributed by atoms with Gasteiger partial charge in [-0.15, -0.1) is 0 Å². The average molecular weight is 538 g/mol. The minimum atomic E-state index is -1.77. The molecule has 2 aromatic carbocycles. The summed E-state index contributed by atoms with van der Waals surface area (Å²) in [6.07, 6.45) is 1.70. The molecule has 204 valence electrons. The van der Waals surface area contributed by atoms with Crippen LogP contribution in [-0.4, -0.2) is 44.6 Å².